The Kier molecular flexibility index (Phi) is 7.66. The molecule has 1 aliphatic heterocycles. The molecule has 7 heteroatoms. The van der Waals surface area contributed by atoms with Gasteiger partial charge in [-0.1, -0.05) is 11.6 Å². The standard InChI is InChI=1S/C21H31ClFN3O2/c1-2-24-20(27)21(8-11-28-12-9-21)26-10-7-15-3-5-16(6-4-15)19-18(22)13-17(23)14-25-19/h13-16,26H,2-12H2,1H3,(H,24,27). The molecule has 28 heavy (non-hydrogen) atoms. The average Bonchev–Trinajstić information content (AvgIpc) is 2.70. The van der Waals surface area contributed by atoms with Crippen molar-refractivity contribution in [2.24, 2.45) is 5.92 Å². The number of nitrogens with zero attached hydrogens (tertiary/aromatic N) is 1. The van der Waals surface area contributed by atoms with Crippen molar-refractivity contribution in [2.75, 3.05) is 26.3 Å². The number of pyridine rings is 1. The zero-order valence-electron chi connectivity index (χ0n) is 16.6. The average molecular weight is 412 g/mol. The van der Waals surface area contributed by atoms with Crippen LogP contribution >= 0.6 is 11.6 Å². The van der Waals surface area contributed by atoms with Gasteiger partial charge < -0.3 is 15.4 Å². The number of hydrogen-bond acceptors (Lipinski definition) is 4. The van der Waals surface area contributed by atoms with Gasteiger partial charge >= 0.3 is 0 Å². The zero-order valence-corrected chi connectivity index (χ0v) is 17.4. The number of rotatable bonds is 7. The van der Waals surface area contributed by atoms with E-state index in [9.17, 15) is 9.18 Å². The zero-order chi connectivity index (χ0) is 20.0. The highest BCUT2D eigenvalue weighted by Crippen LogP contribution is 2.38. The molecular weight excluding hydrogens is 381 g/mol. The number of carbonyl (C=O) groups is 1. The first-order valence-electron chi connectivity index (χ1n) is 10.5. The van der Waals surface area contributed by atoms with Crippen molar-refractivity contribution in [3.8, 4) is 0 Å². The van der Waals surface area contributed by atoms with Crippen LogP contribution in [0.1, 0.15) is 63.5 Å². The minimum absolute atomic E-state index is 0.0963. The van der Waals surface area contributed by atoms with Crippen LogP contribution in [0.3, 0.4) is 0 Å². The van der Waals surface area contributed by atoms with E-state index < -0.39 is 5.54 Å². The lowest BCUT2D eigenvalue weighted by Crippen LogP contribution is -2.60. The molecule has 0 spiro atoms. The molecule has 0 radical (unpaired) electrons. The molecule has 2 N–H and O–H groups in total. The topological polar surface area (TPSA) is 63.2 Å². The highest BCUT2D eigenvalue weighted by Gasteiger charge is 2.39. The Morgan fingerprint density at radius 3 is 2.68 bits per heavy atom. The number of likely N-dealkylation sites (N-methyl/N-ethyl adjacent to an activating group) is 1. The van der Waals surface area contributed by atoms with Crippen LogP contribution in [-0.2, 0) is 9.53 Å². The van der Waals surface area contributed by atoms with E-state index in [2.05, 4.69) is 15.6 Å². The summed E-state index contributed by atoms with van der Waals surface area (Å²) in [5.41, 5.74) is 0.342. The number of hydrogen-bond donors (Lipinski definition) is 2. The van der Waals surface area contributed by atoms with Gasteiger partial charge in [0, 0.05) is 25.7 Å². The lowest BCUT2D eigenvalue weighted by molar-refractivity contribution is -0.131. The van der Waals surface area contributed by atoms with Crippen molar-refractivity contribution in [3.05, 3.63) is 28.8 Å². The molecular formula is C21H31ClFN3O2. The molecule has 0 unspecified atom stereocenters. The maximum absolute atomic E-state index is 13.2. The minimum Gasteiger partial charge on any atom is -0.381 e. The van der Waals surface area contributed by atoms with Gasteiger partial charge in [0.2, 0.25) is 5.91 Å². The first-order chi connectivity index (χ1) is 13.5. The van der Waals surface area contributed by atoms with Gasteiger partial charge in [-0.3, -0.25) is 9.78 Å². The highest BCUT2D eigenvalue weighted by atomic mass is 35.5. The van der Waals surface area contributed by atoms with Gasteiger partial charge in [0.15, 0.2) is 0 Å². The van der Waals surface area contributed by atoms with Crippen LogP contribution in [0.4, 0.5) is 4.39 Å². The van der Waals surface area contributed by atoms with Crippen molar-refractivity contribution in [3.63, 3.8) is 0 Å². The smallest absolute Gasteiger partial charge is 0.240 e. The van der Waals surface area contributed by atoms with E-state index >= 15 is 0 Å². The number of carbonyl (C=O) groups excluding carboxylic acids is 1. The molecule has 0 bridgehead atoms. The van der Waals surface area contributed by atoms with E-state index in [1.807, 2.05) is 6.92 Å². The van der Waals surface area contributed by atoms with Crippen LogP contribution in [0.25, 0.3) is 0 Å². The van der Waals surface area contributed by atoms with Crippen LogP contribution in [-0.4, -0.2) is 42.7 Å². The van der Waals surface area contributed by atoms with Crippen molar-refractivity contribution in [2.45, 2.75) is 63.3 Å². The van der Waals surface area contributed by atoms with Crippen molar-refractivity contribution < 1.29 is 13.9 Å². The fourth-order valence-corrected chi connectivity index (χ4v) is 4.81. The van der Waals surface area contributed by atoms with Crippen molar-refractivity contribution >= 4 is 17.5 Å². The van der Waals surface area contributed by atoms with Crippen LogP contribution < -0.4 is 10.6 Å². The molecule has 1 saturated carbocycles. The molecule has 2 aliphatic rings. The van der Waals surface area contributed by atoms with E-state index in [-0.39, 0.29) is 11.7 Å². The minimum atomic E-state index is -0.489. The van der Waals surface area contributed by atoms with Gasteiger partial charge in [-0.25, -0.2) is 4.39 Å². The molecule has 1 aliphatic carbocycles. The summed E-state index contributed by atoms with van der Waals surface area (Å²) in [6.45, 7) is 4.68. The number of halogens is 2. The van der Waals surface area contributed by atoms with E-state index in [1.54, 1.807) is 0 Å². The van der Waals surface area contributed by atoms with Gasteiger partial charge in [-0.2, -0.15) is 0 Å². The molecule has 1 saturated heterocycles. The molecule has 1 amide bonds. The molecule has 2 fully saturated rings. The number of aromatic nitrogens is 1. The lowest BCUT2D eigenvalue weighted by Gasteiger charge is -2.37. The van der Waals surface area contributed by atoms with Crippen LogP contribution in [0.15, 0.2) is 12.3 Å². The van der Waals surface area contributed by atoms with E-state index in [4.69, 9.17) is 16.3 Å². The summed E-state index contributed by atoms with van der Waals surface area (Å²) in [5, 5.41) is 6.97. The van der Waals surface area contributed by atoms with Crippen molar-refractivity contribution in [1.82, 2.24) is 15.6 Å². The Morgan fingerprint density at radius 1 is 1.32 bits per heavy atom. The first kappa shape index (κ1) is 21.5. The second kappa shape index (κ2) is 9.99. The number of ether oxygens (including phenoxy) is 1. The molecule has 1 aromatic rings. The second-order valence-electron chi connectivity index (χ2n) is 8.01. The summed E-state index contributed by atoms with van der Waals surface area (Å²) in [6.07, 6.45) is 8.03. The maximum atomic E-state index is 13.2. The summed E-state index contributed by atoms with van der Waals surface area (Å²) in [6, 6.07) is 1.36. The van der Waals surface area contributed by atoms with Gasteiger partial charge in [0.05, 0.1) is 16.9 Å². The summed E-state index contributed by atoms with van der Waals surface area (Å²) in [4.78, 5) is 16.8. The largest absolute Gasteiger partial charge is 0.381 e. The predicted molar refractivity (Wildman–Crippen MR) is 108 cm³/mol. The summed E-state index contributed by atoms with van der Waals surface area (Å²) in [5.74, 6) is 0.658. The molecule has 0 aromatic carbocycles. The van der Waals surface area contributed by atoms with E-state index in [0.29, 0.717) is 36.6 Å². The summed E-state index contributed by atoms with van der Waals surface area (Å²) < 4.78 is 18.7. The summed E-state index contributed by atoms with van der Waals surface area (Å²) >= 11 is 6.18. The molecule has 1 aromatic heterocycles. The Labute approximate surface area is 171 Å². The van der Waals surface area contributed by atoms with Gasteiger partial charge in [-0.15, -0.1) is 0 Å². The first-order valence-corrected chi connectivity index (χ1v) is 10.8. The third-order valence-corrected chi connectivity index (χ3v) is 6.51. The normalized spacial score (nSPS) is 24.7. The Bertz CT molecular complexity index is 659. The Hall–Kier alpha value is -1.24. The van der Waals surface area contributed by atoms with Crippen LogP contribution in [0.2, 0.25) is 5.02 Å². The van der Waals surface area contributed by atoms with E-state index in [0.717, 1.165) is 57.2 Å². The third kappa shape index (κ3) is 5.22. The molecule has 2 heterocycles. The number of amides is 1. The van der Waals surface area contributed by atoms with Crippen LogP contribution in [0, 0.1) is 11.7 Å². The molecule has 0 atom stereocenters. The Balaban J connectivity index is 1.47. The van der Waals surface area contributed by atoms with Crippen LogP contribution in [0.5, 0.6) is 0 Å². The Morgan fingerprint density at radius 2 is 2.04 bits per heavy atom. The maximum Gasteiger partial charge on any atom is 0.240 e. The highest BCUT2D eigenvalue weighted by molar-refractivity contribution is 6.31. The SMILES string of the molecule is CCNC(=O)C1(NCCC2CCC(c3ncc(F)cc3Cl)CC2)CCOCC1. The van der Waals surface area contributed by atoms with Crippen molar-refractivity contribution in [1.29, 1.82) is 0 Å². The van der Waals surface area contributed by atoms with Gasteiger partial charge in [-0.05, 0) is 70.4 Å². The summed E-state index contributed by atoms with van der Waals surface area (Å²) in [7, 11) is 0. The fourth-order valence-electron chi connectivity index (χ4n) is 4.50. The monoisotopic (exact) mass is 411 g/mol. The molecule has 5 nitrogen and oxygen atoms in total. The van der Waals surface area contributed by atoms with Gasteiger partial charge in [0.25, 0.3) is 0 Å². The molecule has 156 valence electrons. The predicted octanol–water partition coefficient (Wildman–Crippen LogP) is 3.81. The van der Waals surface area contributed by atoms with Gasteiger partial charge in [0.1, 0.15) is 11.4 Å². The third-order valence-electron chi connectivity index (χ3n) is 6.20. The quantitative estimate of drug-likeness (QED) is 0.716. The lowest BCUT2D eigenvalue weighted by atomic mass is 9.79. The van der Waals surface area contributed by atoms with E-state index in [1.165, 1.54) is 12.3 Å². The number of nitrogens with one attached hydrogen (secondary N) is 2. The fraction of sp³-hybridized carbons (Fsp3) is 0.714. The molecule has 3 rings (SSSR count). The second-order valence-corrected chi connectivity index (χ2v) is 8.41.